The molecule has 0 spiro atoms. The number of rotatable bonds is 1. The van der Waals surface area contributed by atoms with Gasteiger partial charge in [0, 0.05) is 43.4 Å². The summed E-state index contributed by atoms with van der Waals surface area (Å²) in [6.45, 7) is 0. The van der Waals surface area contributed by atoms with Gasteiger partial charge in [-0.3, -0.25) is 4.79 Å². The van der Waals surface area contributed by atoms with Crippen LogP contribution < -0.4 is 15.9 Å². The molecule has 0 unspecified atom stereocenters. The number of hydrogen-bond donors (Lipinski definition) is 0. The molecule has 39 heavy (non-hydrogen) atoms. The zero-order chi connectivity index (χ0) is 25.9. The van der Waals surface area contributed by atoms with Crippen LogP contribution in [0.3, 0.4) is 0 Å². The van der Waals surface area contributed by atoms with Gasteiger partial charge in [0.2, 0.25) is 0 Å². The first-order valence-electron chi connectivity index (χ1n) is 13.0. The second-order valence-electron chi connectivity index (χ2n) is 10.3. The summed E-state index contributed by atoms with van der Waals surface area (Å²) in [5, 5.41) is 6.04. The zero-order valence-corrected chi connectivity index (χ0v) is 21.5. The minimum absolute atomic E-state index is 0.0843. The smallest absolute Gasteiger partial charge is 0.194 e. The third-order valence-corrected chi connectivity index (χ3v) is 11.6. The van der Waals surface area contributed by atoms with Crippen molar-refractivity contribution in [2.24, 2.45) is 0 Å². The van der Waals surface area contributed by atoms with Gasteiger partial charge in [-0.05, 0) is 39.6 Å². The minimum atomic E-state index is -3.56. The maximum absolute atomic E-state index is 16.2. The van der Waals surface area contributed by atoms with Gasteiger partial charge in [-0.15, -0.1) is 0 Å². The van der Waals surface area contributed by atoms with E-state index in [1.807, 2.05) is 72.8 Å². The molecule has 0 saturated heterocycles. The lowest BCUT2D eigenvalue weighted by Crippen LogP contribution is -2.37. The van der Waals surface area contributed by atoms with E-state index in [0.29, 0.717) is 27.3 Å². The predicted octanol–water partition coefficient (Wildman–Crippen LogP) is 7.57. The summed E-state index contributed by atoms with van der Waals surface area (Å²) in [6.07, 6.45) is 0. The Balaban J connectivity index is 1.57. The van der Waals surface area contributed by atoms with Gasteiger partial charge in [-0.2, -0.15) is 0 Å². The Morgan fingerprint density at radius 1 is 0.538 bits per heavy atom. The molecule has 1 aliphatic heterocycles. The molecular formula is C35H19O3P. The molecule has 0 fully saturated rings. The van der Waals surface area contributed by atoms with Crippen LogP contribution in [-0.2, 0) is 4.57 Å². The van der Waals surface area contributed by atoms with Crippen molar-refractivity contribution < 1.29 is 13.8 Å². The van der Waals surface area contributed by atoms with Crippen molar-refractivity contribution in [1.29, 1.82) is 0 Å². The summed E-state index contributed by atoms with van der Waals surface area (Å²) in [4.78, 5) is 13.7. The molecular weight excluding hydrogens is 499 g/mol. The lowest BCUT2D eigenvalue weighted by Gasteiger charge is -2.30. The Morgan fingerprint density at radius 3 is 1.90 bits per heavy atom. The summed E-state index contributed by atoms with van der Waals surface area (Å²) >= 11 is 0. The number of hydrogen-bond acceptors (Lipinski definition) is 3. The van der Waals surface area contributed by atoms with Gasteiger partial charge in [-0.1, -0.05) is 103 Å². The van der Waals surface area contributed by atoms with E-state index in [2.05, 4.69) is 42.5 Å². The summed E-state index contributed by atoms with van der Waals surface area (Å²) in [7, 11) is -3.56. The highest BCUT2D eigenvalue weighted by molar-refractivity contribution is 7.86. The van der Waals surface area contributed by atoms with E-state index in [1.165, 1.54) is 0 Å². The summed E-state index contributed by atoms with van der Waals surface area (Å²) < 4.78 is 22.7. The van der Waals surface area contributed by atoms with Gasteiger partial charge in [0.05, 0.1) is 0 Å². The van der Waals surface area contributed by atoms with E-state index >= 15 is 4.57 Å². The van der Waals surface area contributed by atoms with Crippen molar-refractivity contribution in [2.45, 2.75) is 0 Å². The topological polar surface area (TPSA) is 47.3 Å². The van der Waals surface area contributed by atoms with Crippen LogP contribution in [-0.4, -0.2) is 5.78 Å². The Labute approximate surface area is 223 Å². The highest BCUT2D eigenvalue weighted by Crippen LogP contribution is 2.57. The number of benzene rings is 6. The fraction of sp³-hybridized carbons (Fsp3) is 0. The lowest BCUT2D eigenvalue weighted by molar-refractivity contribution is 0.104. The van der Waals surface area contributed by atoms with Crippen molar-refractivity contribution in [3.63, 3.8) is 0 Å². The standard InChI is InChI=1S/C35H19O3P/c36-34-23-12-2-5-17-29(23)39(37,30-18-6-3-13-24(30)34)35-32-25-15-8-10-20-9-7-14-21(31(20)25)26(32)19-28-33(35)22-11-1-4-16-27(22)38-28/h1-19H. The van der Waals surface area contributed by atoms with Crippen LogP contribution >= 0.6 is 7.14 Å². The molecule has 3 nitrogen and oxygen atoms in total. The fourth-order valence-electron chi connectivity index (χ4n) is 6.84. The summed E-state index contributed by atoms with van der Waals surface area (Å²) in [6, 6.07) is 37.6. The minimum Gasteiger partial charge on any atom is -0.456 e. The van der Waals surface area contributed by atoms with E-state index in [1.54, 1.807) is 0 Å². The Bertz CT molecular complexity index is 2230. The van der Waals surface area contributed by atoms with Crippen molar-refractivity contribution in [3.8, 4) is 22.3 Å². The molecule has 1 aliphatic carbocycles. The molecule has 2 heterocycles. The maximum Gasteiger partial charge on any atom is 0.194 e. The molecule has 1 aromatic heterocycles. The third kappa shape index (κ3) is 2.49. The average molecular weight is 519 g/mol. The van der Waals surface area contributed by atoms with Gasteiger partial charge < -0.3 is 8.98 Å². The van der Waals surface area contributed by atoms with Crippen LogP contribution in [0.25, 0.3) is 55.0 Å². The van der Waals surface area contributed by atoms with Crippen LogP contribution in [0.5, 0.6) is 0 Å². The lowest BCUT2D eigenvalue weighted by atomic mass is 10.0. The first-order chi connectivity index (χ1) is 19.2. The van der Waals surface area contributed by atoms with Gasteiger partial charge in [0.15, 0.2) is 12.9 Å². The number of carbonyl (C=O) groups excluding carboxylic acids is 1. The Kier molecular flexibility index (Phi) is 3.93. The van der Waals surface area contributed by atoms with Crippen LogP contribution in [0.2, 0.25) is 0 Å². The molecule has 182 valence electrons. The van der Waals surface area contributed by atoms with Gasteiger partial charge in [0.25, 0.3) is 0 Å². The second-order valence-corrected chi connectivity index (χ2v) is 12.9. The molecule has 9 rings (SSSR count). The van der Waals surface area contributed by atoms with Gasteiger partial charge >= 0.3 is 0 Å². The van der Waals surface area contributed by atoms with Gasteiger partial charge in [-0.25, -0.2) is 0 Å². The largest absolute Gasteiger partial charge is 0.456 e. The number of ketones is 1. The molecule has 0 N–H and O–H groups in total. The van der Waals surface area contributed by atoms with E-state index in [-0.39, 0.29) is 5.78 Å². The van der Waals surface area contributed by atoms with E-state index < -0.39 is 7.14 Å². The summed E-state index contributed by atoms with van der Waals surface area (Å²) in [5.41, 5.74) is 6.65. The Morgan fingerprint density at radius 2 is 1.15 bits per heavy atom. The number of furan rings is 1. The molecule has 0 amide bonds. The van der Waals surface area contributed by atoms with Crippen LogP contribution in [0.4, 0.5) is 0 Å². The number of para-hydroxylation sites is 1. The van der Waals surface area contributed by atoms with Crippen molar-refractivity contribution in [3.05, 3.63) is 126 Å². The molecule has 4 heteroatoms. The van der Waals surface area contributed by atoms with Crippen molar-refractivity contribution in [1.82, 2.24) is 0 Å². The highest BCUT2D eigenvalue weighted by atomic mass is 31.2. The quantitative estimate of drug-likeness (QED) is 0.211. The molecule has 0 atom stereocenters. The molecule has 0 radical (unpaired) electrons. The normalized spacial score (nSPS) is 14.5. The van der Waals surface area contributed by atoms with E-state index in [0.717, 1.165) is 54.7 Å². The van der Waals surface area contributed by atoms with Crippen LogP contribution in [0.15, 0.2) is 120 Å². The van der Waals surface area contributed by atoms with Crippen molar-refractivity contribution >= 4 is 61.5 Å². The van der Waals surface area contributed by atoms with E-state index in [9.17, 15) is 4.79 Å². The monoisotopic (exact) mass is 518 g/mol. The van der Waals surface area contributed by atoms with Gasteiger partial charge in [0.1, 0.15) is 11.2 Å². The molecule has 6 aromatic carbocycles. The van der Waals surface area contributed by atoms with Crippen LogP contribution in [0.1, 0.15) is 15.9 Å². The molecule has 0 bridgehead atoms. The highest BCUT2D eigenvalue weighted by Gasteiger charge is 2.45. The molecule has 2 aliphatic rings. The SMILES string of the molecule is O=C1c2ccccc2P(=O)(c2c3c(cc4oc5ccccc5c24)-c2cccc4cccc-3c24)c2ccccc21. The first kappa shape index (κ1) is 21.2. The summed E-state index contributed by atoms with van der Waals surface area (Å²) in [5.74, 6) is -0.0843. The predicted molar refractivity (Wildman–Crippen MR) is 158 cm³/mol. The first-order valence-corrected chi connectivity index (χ1v) is 14.7. The molecule has 7 aromatic rings. The number of carbonyl (C=O) groups is 1. The average Bonchev–Trinajstić information content (AvgIpc) is 3.52. The zero-order valence-electron chi connectivity index (χ0n) is 20.6. The number of fused-ring (bicyclic) bond motifs is 8. The van der Waals surface area contributed by atoms with E-state index in [4.69, 9.17) is 4.42 Å². The fourth-order valence-corrected chi connectivity index (χ4v) is 10.3. The van der Waals surface area contributed by atoms with Crippen LogP contribution in [0, 0.1) is 0 Å². The second kappa shape index (κ2) is 7.22. The van der Waals surface area contributed by atoms with Crippen molar-refractivity contribution in [2.75, 3.05) is 0 Å². The maximum atomic E-state index is 16.2. The Hall–Kier alpha value is -4.72. The molecule has 0 saturated carbocycles. The third-order valence-electron chi connectivity index (χ3n) is 8.40.